The molecule has 128 valence electrons. The van der Waals surface area contributed by atoms with Crippen molar-refractivity contribution in [3.05, 3.63) is 94.0 Å². The SMILES string of the molecule is Clc1cc(Cl)cc(NCc2ccc(OCCc3ccccc3)cc2)c1. The van der Waals surface area contributed by atoms with Crippen LogP contribution in [-0.2, 0) is 13.0 Å². The summed E-state index contributed by atoms with van der Waals surface area (Å²) in [6.45, 7) is 1.36. The third-order valence-corrected chi connectivity index (χ3v) is 4.22. The van der Waals surface area contributed by atoms with Gasteiger partial charge in [-0.3, -0.25) is 0 Å². The lowest BCUT2D eigenvalue weighted by Gasteiger charge is -2.09. The summed E-state index contributed by atoms with van der Waals surface area (Å²) in [5, 5.41) is 4.56. The summed E-state index contributed by atoms with van der Waals surface area (Å²) in [5.41, 5.74) is 3.34. The van der Waals surface area contributed by atoms with E-state index in [1.165, 1.54) is 5.56 Å². The van der Waals surface area contributed by atoms with Crippen LogP contribution in [0.2, 0.25) is 10.0 Å². The van der Waals surface area contributed by atoms with Crippen molar-refractivity contribution in [2.45, 2.75) is 13.0 Å². The molecule has 0 aromatic heterocycles. The number of nitrogens with one attached hydrogen (secondary N) is 1. The molecule has 3 aromatic carbocycles. The summed E-state index contributed by atoms with van der Waals surface area (Å²) >= 11 is 12.0. The van der Waals surface area contributed by atoms with Crippen molar-refractivity contribution in [1.29, 1.82) is 0 Å². The van der Waals surface area contributed by atoms with E-state index in [4.69, 9.17) is 27.9 Å². The molecule has 0 amide bonds. The minimum atomic E-state index is 0.622. The van der Waals surface area contributed by atoms with Crippen LogP contribution in [0, 0.1) is 0 Å². The first-order valence-electron chi connectivity index (χ1n) is 8.15. The number of anilines is 1. The highest BCUT2D eigenvalue weighted by atomic mass is 35.5. The molecule has 0 heterocycles. The molecule has 0 fully saturated rings. The number of halogens is 2. The largest absolute Gasteiger partial charge is 0.493 e. The van der Waals surface area contributed by atoms with Crippen LogP contribution in [0.5, 0.6) is 5.75 Å². The highest BCUT2D eigenvalue weighted by Gasteiger charge is 2.00. The molecule has 0 aliphatic heterocycles. The van der Waals surface area contributed by atoms with E-state index in [0.717, 1.165) is 23.4 Å². The fourth-order valence-electron chi connectivity index (χ4n) is 2.49. The van der Waals surface area contributed by atoms with Gasteiger partial charge in [-0.05, 0) is 41.5 Å². The quantitative estimate of drug-likeness (QED) is 0.531. The molecule has 0 atom stereocenters. The molecule has 0 radical (unpaired) electrons. The topological polar surface area (TPSA) is 21.3 Å². The zero-order chi connectivity index (χ0) is 17.5. The van der Waals surface area contributed by atoms with Gasteiger partial charge >= 0.3 is 0 Å². The highest BCUT2D eigenvalue weighted by molar-refractivity contribution is 6.35. The van der Waals surface area contributed by atoms with Crippen molar-refractivity contribution in [3.63, 3.8) is 0 Å². The second-order valence-electron chi connectivity index (χ2n) is 5.74. The van der Waals surface area contributed by atoms with Crippen molar-refractivity contribution < 1.29 is 4.74 Å². The summed E-state index contributed by atoms with van der Waals surface area (Å²) < 4.78 is 5.80. The Labute approximate surface area is 158 Å². The number of ether oxygens (including phenoxy) is 1. The molecular formula is C21H19Cl2NO. The van der Waals surface area contributed by atoms with Gasteiger partial charge in [0.05, 0.1) is 6.61 Å². The number of rotatable bonds is 7. The first-order valence-corrected chi connectivity index (χ1v) is 8.90. The molecule has 1 N–H and O–H groups in total. The number of hydrogen-bond donors (Lipinski definition) is 1. The van der Waals surface area contributed by atoms with Crippen LogP contribution < -0.4 is 10.1 Å². The smallest absolute Gasteiger partial charge is 0.119 e. The van der Waals surface area contributed by atoms with Gasteiger partial charge in [-0.25, -0.2) is 0 Å². The lowest BCUT2D eigenvalue weighted by atomic mass is 10.2. The maximum atomic E-state index is 6.00. The maximum absolute atomic E-state index is 6.00. The molecule has 0 saturated carbocycles. The van der Waals surface area contributed by atoms with Crippen molar-refractivity contribution in [2.75, 3.05) is 11.9 Å². The molecule has 0 saturated heterocycles. The standard InChI is InChI=1S/C21H19Cl2NO/c22-18-12-19(23)14-20(13-18)24-15-17-6-8-21(9-7-17)25-11-10-16-4-2-1-3-5-16/h1-9,12-14,24H,10-11,15H2. The molecule has 2 nitrogen and oxygen atoms in total. The fourth-order valence-corrected chi connectivity index (χ4v) is 3.02. The van der Waals surface area contributed by atoms with E-state index in [9.17, 15) is 0 Å². The molecule has 0 aliphatic rings. The van der Waals surface area contributed by atoms with Crippen LogP contribution in [0.1, 0.15) is 11.1 Å². The summed E-state index contributed by atoms with van der Waals surface area (Å²) in [6, 6.07) is 23.9. The van der Waals surface area contributed by atoms with Gasteiger partial charge in [0.25, 0.3) is 0 Å². The van der Waals surface area contributed by atoms with Crippen LogP contribution >= 0.6 is 23.2 Å². The lowest BCUT2D eigenvalue weighted by molar-refractivity contribution is 0.322. The van der Waals surface area contributed by atoms with Crippen molar-refractivity contribution in [1.82, 2.24) is 0 Å². The molecule has 0 bridgehead atoms. The molecule has 0 spiro atoms. The predicted octanol–water partition coefficient (Wildman–Crippen LogP) is 6.23. The summed E-state index contributed by atoms with van der Waals surface area (Å²) in [5.74, 6) is 0.880. The van der Waals surface area contributed by atoms with Gasteiger partial charge in [-0.1, -0.05) is 65.7 Å². The monoisotopic (exact) mass is 371 g/mol. The van der Waals surface area contributed by atoms with Crippen molar-refractivity contribution in [3.8, 4) is 5.75 Å². The Kier molecular flexibility index (Phi) is 6.21. The van der Waals surface area contributed by atoms with Crippen LogP contribution in [0.15, 0.2) is 72.8 Å². The first kappa shape index (κ1) is 17.7. The second kappa shape index (κ2) is 8.80. The zero-order valence-corrected chi connectivity index (χ0v) is 15.2. The van der Waals surface area contributed by atoms with Gasteiger partial charge in [0.15, 0.2) is 0 Å². The maximum Gasteiger partial charge on any atom is 0.119 e. The molecule has 25 heavy (non-hydrogen) atoms. The average Bonchev–Trinajstić information content (AvgIpc) is 2.61. The molecule has 0 unspecified atom stereocenters. The number of hydrogen-bond acceptors (Lipinski definition) is 2. The van der Waals surface area contributed by atoms with Gasteiger partial charge in [-0.15, -0.1) is 0 Å². The van der Waals surface area contributed by atoms with Gasteiger partial charge in [0, 0.05) is 28.7 Å². The normalized spacial score (nSPS) is 10.5. The Morgan fingerprint density at radius 2 is 1.44 bits per heavy atom. The minimum absolute atomic E-state index is 0.622. The van der Waals surface area contributed by atoms with Gasteiger partial charge in [0.1, 0.15) is 5.75 Å². The average molecular weight is 372 g/mol. The zero-order valence-electron chi connectivity index (χ0n) is 13.7. The van der Waals surface area contributed by atoms with E-state index in [1.807, 2.05) is 42.5 Å². The second-order valence-corrected chi connectivity index (χ2v) is 6.61. The van der Waals surface area contributed by atoms with E-state index in [-0.39, 0.29) is 0 Å². The minimum Gasteiger partial charge on any atom is -0.493 e. The van der Waals surface area contributed by atoms with Gasteiger partial charge in [-0.2, -0.15) is 0 Å². The summed E-state index contributed by atoms with van der Waals surface area (Å²) in [7, 11) is 0. The van der Waals surface area contributed by atoms with Gasteiger partial charge in [0.2, 0.25) is 0 Å². The predicted molar refractivity (Wildman–Crippen MR) is 106 cm³/mol. The Hall–Kier alpha value is -2.16. The Morgan fingerprint density at radius 3 is 2.12 bits per heavy atom. The first-order chi connectivity index (χ1) is 12.2. The Bertz CT molecular complexity index is 784. The van der Waals surface area contributed by atoms with Crippen LogP contribution in [0.3, 0.4) is 0 Å². The third kappa shape index (κ3) is 5.70. The Morgan fingerprint density at radius 1 is 0.760 bits per heavy atom. The molecule has 4 heteroatoms. The van der Waals surface area contributed by atoms with Crippen LogP contribution in [0.4, 0.5) is 5.69 Å². The highest BCUT2D eigenvalue weighted by Crippen LogP contribution is 2.23. The van der Waals surface area contributed by atoms with Gasteiger partial charge < -0.3 is 10.1 Å². The van der Waals surface area contributed by atoms with E-state index >= 15 is 0 Å². The van der Waals surface area contributed by atoms with E-state index in [2.05, 4.69) is 29.6 Å². The molecule has 3 rings (SSSR count). The molecule has 0 aliphatic carbocycles. The van der Waals surface area contributed by atoms with Crippen LogP contribution in [0.25, 0.3) is 0 Å². The fraction of sp³-hybridized carbons (Fsp3) is 0.143. The number of benzene rings is 3. The lowest BCUT2D eigenvalue weighted by Crippen LogP contribution is -2.02. The molecule has 3 aromatic rings. The summed E-state index contributed by atoms with van der Waals surface area (Å²) in [6.07, 6.45) is 0.902. The van der Waals surface area contributed by atoms with E-state index in [1.54, 1.807) is 6.07 Å². The van der Waals surface area contributed by atoms with Crippen molar-refractivity contribution in [2.24, 2.45) is 0 Å². The third-order valence-electron chi connectivity index (χ3n) is 3.78. The van der Waals surface area contributed by atoms with E-state index < -0.39 is 0 Å². The van der Waals surface area contributed by atoms with Crippen LogP contribution in [-0.4, -0.2) is 6.61 Å². The summed E-state index contributed by atoms with van der Waals surface area (Å²) in [4.78, 5) is 0. The Balaban J connectivity index is 1.48. The molecular weight excluding hydrogens is 353 g/mol. The van der Waals surface area contributed by atoms with E-state index in [0.29, 0.717) is 23.2 Å². The van der Waals surface area contributed by atoms with Crippen molar-refractivity contribution >= 4 is 28.9 Å².